The van der Waals surface area contributed by atoms with E-state index in [9.17, 15) is 4.79 Å². The van der Waals surface area contributed by atoms with Crippen LogP contribution >= 0.6 is 0 Å². The number of anilines is 1. The van der Waals surface area contributed by atoms with Gasteiger partial charge in [0.05, 0.1) is 12.1 Å². The number of aliphatic carboxylic acids is 1. The average molecular weight is 221 g/mol. The SMILES string of the molecule is O=C(O)CCNc1ccc(C2CCC2)nn1. The summed E-state index contributed by atoms with van der Waals surface area (Å²) in [5.41, 5.74) is 1.05. The molecule has 2 N–H and O–H groups in total. The minimum atomic E-state index is -0.813. The fourth-order valence-electron chi connectivity index (χ4n) is 1.66. The van der Waals surface area contributed by atoms with Gasteiger partial charge in [0.1, 0.15) is 5.82 Å². The van der Waals surface area contributed by atoms with E-state index in [0.29, 0.717) is 18.3 Å². The van der Waals surface area contributed by atoms with Crippen molar-refractivity contribution in [3.8, 4) is 0 Å². The Bertz CT molecular complexity index is 360. The molecular weight excluding hydrogens is 206 g/mol. The van der Waals surface area contributed by atoms with E-state index in [2.05, 4.69) is 15.5 Å². The van der Waals surface area contributed by atoms with Crippen LogP contribution in [0.4, 0.5) is 5.82 Å². The van der Waals surface area contributed by atoms with Crippen LogP contribution in [0, 0.1) is 0 Å². The van der Waals surface area contributed by atoms with Crippen molar-refractivity contribution in [2.24, 2.45) is 0 Å². The molecule has 0 unspecified atom stereocenters. The van der Waals surface area contributed by atoms with Crippen LogP contribution in [0.1, 0.15) is 37.3 Å². The first-order chi connectivity index (χ1) is 7.75. The zero-order chi connectivity index (χ0) is 11.4. The fourth-order valence-corrected chi connectivity index (χ4v) is 1.66. The highest BCUT2D eigenvalue weighted by Gasteiger charge is 2.20. The number of carbonyl (C=O) groups is 1. The van der Waals surface area contributed by atoms with Gasteiger partial charge in [-0.2, -0.15) is 5.10 Å². The first-order valence-electron chi connectivity index (χ1n) is 5.55. The third kappa shape index (κ3) is 2.68. The lowest BCUT2D eigenvalue weighted by atomic mass is 9.83. The van der Waals surface area contributed by atoms with Gasteiger partial charge >= 0.3 is 5.97 Å². The van der Waals surface area contributed by atoms with E-state index in [0.717, 1.165) is 5.69 Å². The molecule has 0 aliphatic heterocycles. The second-order valence-corrected chi connectivity index (χ2v) is 4.04. The number of carboxylic acid groups (broad SMARTS) is 1. The first kappa shape index (κ1) is 10.9. The van der Waals surface area contributed by atoms with Crippen molar-refractivity contribution in [3.63, 3.8) is 0 Å². The fraction of sp³-hybridized carbons (Fsp3) is 0.545. The maximum absolute atomic E-state index is 10.3. The molecule has 86 valence electrons. The minimum absolute atomic E-state index is 0.0893. The van der Waals surface area contributed by atoms with Crippen LogP contribution in [0.2, 0.25) is 0 Å². The third-order valence-electron chi connectivity index (χ3n) is 2.85. The van der Waals surface area contributed by atoms with Crippen molar-refractivity contribution < 1.29 is 9.90 Å². The topological polar surface area (TPSA) is 75.1 Å². The molecular formula is C11H15N3O2. The first-order valence-corrected chi connectivity index (χ1v) is 5.55. The van der Waals surface area contributed by atoms with Crippen LogP contribution in [-0.2, 0) is 4.79 Å². The zero-order valence-electron chi connectivity index (χ0n) is 9.02. The van der Waals surface area contributed by atoms with E-state index in [-0.39, 0.29) is 6.42 Å². The Morgan fingerprint density at radius 3 is 2.75 bits per heavy atom. The number of rotatable bonds is 5. The molecule has 2 rings (SSSR count). The van der Waals surface area contributed by atoms with Gasteiger partial charge < -0.3 is 10.4 Å². The summed E-state index contributed by atoms with van der Waals surface area (Å²) in [5.74, 6) is 0.413. The number of nitrogens with one attached hydrogen (secondary N) is 1. The van der Waals surface area contributed by atoms with E-state index >= 15 is 0 Å². The molecule has 1 saturated carbocycles. The van der Waals surface area contributed by atoms with E-state index in [4.69, 9.17) is 5.11 Å². The summed E-state index contributed by atoms with van der Waals surface area (Å²) in [5, 5.41) is 19.6. The van der Waals surface area contributed by atoms with Gasteiger partial charge in [-0.3, -0.25) is 4.79 Å². The van der Waals surface area contributed by atoms with Crippen molar-refractivity contribution in [1.82, 2.24) is 10.2 Å². The van der Waals surface area contributed by atoms with Gasteiger partial charge in [0.15, 0.2) is 0 Å². The van der Waals surface area contributed by atoms with Gasteiger partial charge in [0.25, 0.3) is 0 Å². The average Bonchev–Trinajstić information content (AvgIpc) is 2.17. The Labute approximate surface area is 93.9 Å². The van der Waals surface area contributed by atoms with Gasteiger partial charge in [-0.05, 0) is 25.0 Å². The summed E-state index contributed by atoms with van der Waals surface area (Å²) in [6, 6.07) is 3.84. The van der Waals surface area contributed by atoms with Crippen molar-refractivity contribution in [3.05, 3.63) is 17.8 Å². The summed E-state index contributed by atoms with van der Waals surface area (Å²) < 4.78 is 0. The molecule has 0 aromatic carbocycles. The van der Waals surface area contributed by atoms with Crippen LogP contribution in [0.5, 0.6) is 0 Å². The molecule has 0 atom stereocenters. The maximum atomic E-state index is 10.3. The predicted octanol–water partition coefficient (Wildman–Crippen LogP) is 1.63. The Morgan fingerprint density at radius 1 is 1.44 bits per heavy atom. The predicted molar refractivity (Wildman–Crippen MR) is 59.4 cm³/mol. The Kier molecular flexibility index (Phi) is 3.34. The molecule has 0 spiro atoms. The van der Waals surface area contributed by atoms with Crippen LogP contribution < -0.4 is 5.32 Å². The highest BCUT2D eigenvalue weighted by molar-refractivity contribution is 5.67. The molecule has 1 heterocycles. The van der Waals surface area contributed by atoms with E-state index in [1.54, 1.807) is 0 Å². The van der Waals surface area contributed by atoms with Gasteiger partial charge in [-0.25, -0.2) is 0 Å². The molecule has 1 aromatic heterocycles. The molecule has 1 fully saturated rings. The van der Waals surface area contributed by atoms with Gasteiger partial charge in [0.2, 0.25) is 0 Å². The number of aromatic nitrogens is 2. The number of hydrogen-bond acceptors (Lipinski definition) is 4. The van der Waals surface area contributed by atoms with Gasteiger partial charge in [-0.15, -0.1) is 5.10 Å². The zero-order valence-corrected chi connectivity index (χ0v) is 9.02. The van der Waals surface area contributed by atoms with Crippen molar-refractivity contribution in [2.45, 2.75) is 31.6 Å². The largest absolute Gasteiger partial charge is 0.481 e. The van der Waals surface area contributed by atoms with Crippen LogP contribution in [0.25, 0.3) is 0 Å². The molecule has 0 amide bonds. The van der Waals surface area contributed by atoms with Crippen molar-refractivity contribution in [1.29, 1.82) is 0 Å². The lowest BCUT2D eigenvalue weighted by Gasteiger charge is -2.24. The molecule has 1 aliphatic rings. The minimum Gasteiger partial charge on any atom is -0.481 e. The highest BCUT2D eigenvalue weighted by Crippen LogP contribution is 2.34. The van der Waals surface area contributed by atoms with Gasteiger partial charge in [0, 0.05) is 12.5 Å². The summed E-state index contributed by atoms with van der Waals surface area (Å²) in [6.45, 7) is 0.382. The number of nitrogens with zero attached hydrogens (tertiary/aromatic N) is 2. The lowest BCUT2D eigenvalue weighted by Crippen LogP contribution is -2.13. The number of hydrogen-bond donors (Lipinski definition) is 2. The summed E-state index contributed by atoms with van der Waals surface area (Å²) in [4.78, 5) is 10.3. The standard InChI is InChI=1S/C11H15N3O2/c15-11(16)6-7-12-10-5-4-9(13-14-10)8-2-1-3-8/h4-5,8H,1-3,6-7H2,(H,12,14)(H,15,16). The quantitative estimate of drug-likeness (QED) is 0.790. The summed E-state index contributed by atoms with van der Waals surface area (Å²) >= 11 is 0. The highest BCUT2D eigenvalue weighted by atomic mass is 16.4. The van der Waals surface area contributed by atoms with E-state index in [1.165, 1.54) is 19.3 Å². The van der Waals surface area contributed by atoms with Crippen LogP contribution in [0.3, 0.4) is 0 Å². The monoisotopic (exact) mass is 221 g/mol. The van der Waals surface area contributed by atoms with E-state index in [1.807, 2.05) is 12.1 Å². The second kappa shape index (κ2) is 4.92. The lowest BCUT2D eigenvalue weighted by molar-refractivity contribution is -0.136. The molecule has 1 aromatic rings. The molecule has 0 radical (unpaired) electrons. The Balaban J connectivity index is 1.84. The number of carboxylic acids is 1. The molecule has 1 aliphatic carbocycles. The molecule has 16 heavy (non-hydrogen) atoms. The third-order valence-corrected chi connectivity index (χ3v) is 2.85. The van der Waals surface area contributed by atoms with Crippen molar-refractivity contribution in [2.75, 3.05) is 11.9 Å². The van der Waals surface area contributed by atoms with Gasteiger partial charge in [-0.1, -0.05) is 6.42 Å². The Morgan fingerprint density at radius 2 is 2.25 bits per heavy atom. The summed E-state index contributed by atoms with van der Waals surface area (Å²) in [7, 11) is 0. The molecule has 0 bridgehead atoms. The Hall–Kier alpha value is -1.65. The van der Waals surface area contributed by atoms with Crippen LogP contribution in [-0.4, -0.2) is 27.8 Å². The molecule has 5 heteroatoms. The normalized spacial score (nSPS) is 15.5. The molecule has 5 nitrogen and oxygen atoms in total. The second-order valence-electron chi connectivity index (χ2n) is 4.04. The van der Waals surface area contributed by atoms with E-state index < -0.39 is 5.97 Å². The smallest absolute Gasteiger partial charge is 0.305 e. The van der Waals surface area contributed by atoms with Crippen molar-refractivity contribution >= 4 is 11.8 Å². The van der Waals surface area contributed by atoms with Crippen LogP contribution in [0.15, 0.2) is 12.1 Å². The summed E-state index contributed by atoms with van der Waals surface area (Å²) in [6.07, 6.45) is 3.79. The molecule has 0 saturated heterocycles. The maximum Gasteiger partial charge on any atom is 0.305 e.